The van der Waals surface area contributed by atoms with Crippen LogP contribution < -0.4 is 5.32 Å². The summed E-state index contributed by atoms with van der Waals surface area (Å²) in [4.78, 5) is 11.4. The fourth-order valence-electron chi connectivity index (χ4n) is 1.16. The highest BCUT2D eigenvalue weighted by Crippen LogP contribution is 2.16. The van der Waals surface area contributed by atoms with Crippen molar-refractivity contribution in [2.24, 2.45) is 0 Å². The van der Waals surface area contributed by atoms with Gasteiger partial charge in [0.15, 0.2) is 0 Å². The van der Waals surface area contributed by atoms with E-state index in [2.05, 4.69) is 10.1 Å². The highest BCUT2D eigenvalue weighted by atomic mass is 16.5. The maximum atomic E-state index is 11.4. The number of para-hydroxylation sites is 1. The van der Waals surface area contributed by atoms with E-state index in [-0.39, 0.29) is 6.04 Å². The van der Waals surface area contributed by atoms with E-state index in [1.807, 2.05) is 6.07 Å². The summed E-state index contributed by atoms with van der Waals surface area (Å²) in [5.74, 6) is -0.414. The molecular formula is C11H12N2O2. The van der Waals surface area contributed by atoms with Gasteiger partial charge >= 0.3 is 5.97 Å². The lowest BCUT2D eigenvalue weighted by Crippen LogP contribution is -2.15. The lowest BCUT2D eigenvalue weighted by atomic mass is 10.1. The average Bonchev–Trinajstić information content (AvgIpc) is 2.28. The predicted molar refractivity (Wildman–Crippen MR) is 56.5 cm³/mol. The Balaban J connectivity index is 2.97. The van der Waals surface area contributed by atoms with Crippen molar-refractivity contribution in [2.45, 2.75) is 13.0 Å². The number of hydrogen-bond donors (Lipinski definition) is 1. The molecule has 0 radical (unpaired) electrons. The van der Waals surface area contributed by atoms with Crippen LogP contribution in [0, 0.1) is 11.3 Å². The van der Waals surface area contributed by atoms with E-state index < -0.39 is 5.97 Å². The maximum Gasteiger partial charge on any atom is 0.339 e. The van der Waals surface area contributed by atoms with Gasteiger partial charge in [0.05, 0.1) is 18.7 Å². The normalized spacial score (nSPS) is 11.3. The van der Waals surface area contributed by atoms with E-state index in [1.165, 1.54) is 7.11 Å². The molecule has 1 aromatic rings. The standard InChI is InChI=1S/C11H12N2O2/c1-8(7-12)13-10-6-4-3-5-9(10)11(14)15-2/h3-6,8,13H,1-2H3. The Hall–Kier alpha value is -2.02. The molecule has 0 spiro atoms. The Labute approximate surface area is 88.5 Å². The first kappa shape index (κ1) is 11.1. The van der Waals surface area contributed by atoms with Crippen LogP contribution in [-0.2, 0) is 4.74 Å². The second kappa shape index (κ2) is 5.01. The van der Waals surface area contributed by atoms with Crippen molar-refractivity contribution < 1.29 is 9.53 Å². The first-order valence-electron chi connectivity index (χ1n) is 4.52. The SMILES string of the molecule is COC(=O)c1ccccc1NC(C)C#N. The minimum atomic E-state index is -0.414. The molecule has 0 aliphatic rings. The smallest absolute Gasteiger partial charge is 0.339 e. The molecule has 1 atom stereocenters. The number of carbonyl (C=O) groups excluding carboxylic acids is 1. The lowest BCUT2D eigenvalue weighted by molar-refractivity contribution is 0.0602. The zero-order chi connectivity index (χ0) is 11.3. The quantitative estimate of drug-likeness (QED) is 0.762. The molecular weight excluding hydrogens is 192 g/mol. The van der Waals surface area contributed by atoms with Crippen molar-refractivity contribution in [3.05, 3.63) is 29.8 Å². The molecule has 0 saturated heterocycles. The molecule has 0 aromatic heterocycles. The Kier molecular flexibility index (Phi) is 3.69. The molecule has 15 heavy (non-hydrogen) atoms. The summed E-state index contributed by atoms with van der Waals surface area (Å²) in [6.07, 6.45) is 0. The molecule has 78 valence electrons. The largest absolute Gasteiger partial charge is 0.465 e. The third-order valence-electron chi connectivity index (χ3n) is 1.90. The molecule has 0 bridgehead atoms. The first-order chi connectivity index (χ1) is 7.19. The molecule has 0 aliphatic carbocycles. The number of hydrogen-bond acceptors (Lipinski definition) is 4. The molecule has 0 heterocycles. The molecule has 1 aromatic carbocycles. The first-order valence-corrected chi connectivity index (χ1v) is 4.52. The number of nitriles is 1. The molecule has 0 fully saturated rings. The second-order valence-electron chi connectivity index (χ2n) is 3.03. The predicted octanol–water partition coefficient (Wildman–Crippen LogP) is 1.80. The van der Waals surface area contributed by atoms with Gasteiger partial charge < -0.3 is 10.1 Å². The van der Waals surface area contributed by atoms with Gasteiger partial charge in [-0.25, -0.2) is 4.79 Å². The van der Waals surface area contributed by atoms with Gasteiger partial charge in [-0.1, -0.05) is 12.1 Å². The van der Waals surface area contributed by atoms with Crippen LogP contribution in [0.25, 0.3) is 0 Å². The van der Waals surface area contributed by atoms with E-state index in [4.69, 9.17) is 5.26 Å². The van der Waals surface area contributed by atoms with Gasteiger partial charge in [0.1, 0.15) is 6.04 Å². The van der Waals surface area contributed by atoms with Crippen LogP contribution >= 0.6 is 0 Å². The summed E-state index contributed by atoms with van der Waals surface area (Å²) in [5.41, 5.74) is 1.04. The fraction of sp³-hybridized carbons (Fsp3) is 0.273. The summed E-state index contributed by atoms with van der Waals surface area (Å²) < 4.78 is 4.63. The van der Waals surface area contributed by atoms with Crippen LogP contribution in [0.1, 0.15) is 17.3 Å². The number of nitrogens with zero attached hydrogens (tertiary/aromatic N) is 1. The Morgan fingerprint density at radius 2 is 2.20 bits per heavy atom. The lowest BCUT2D eigenvalue weighted by Gasteiger charge is -2.11. The van der Waals surface area contributed by atoms with Crippen molar-refractivity contribution in [2.75, 3.05) is 12.4 Å². The topological polar surface area (TPSA) is 62.1 Å². The van der Waals surface area contributed by atoms with Gasteiger partial charge in [-0.05, 0) is 19.1 Å². The van der Waals surface area contributed by atoms with Crippen LogP contribution in [0.15, 0.2) is 24.3 Å². The van der Waals surface area contributed by atoms with Crippen LogP contribution in [0.5, 0.6) is 0 Å². The summed E-state index contributed by atoms with van der Waals surface area (Å²) >= 11 is 0. The van der Waals surface area contributed by atoms with Crippen LogP contribution in [0.2, 0.25) is 0 Å². The third-order valence-corrected chi connectivity index (χ3v) is 1.90. The number of benzene rings is 1. The van der Waals surface area contributed by atoms with Gasteiger partial charge in [-0.3, -0.25) is 0 Å². The maximum absolute atomic E-state index is 11.4. The monoisotopic (exact) mass is 204 g/mol. The summed E-state index contributed by atoms with van der Waals surface area (Å²) in [6, 6.07) is 8.61. The highest BCUT2D eigenvalue weighted by Gasteiger charge is 2.11. The van der Waals surface area contributed by atoms with Crippen LogP contribution in [-0.4, -0.2) is 19.1 Å². The van der Waals surface area contributed by atoms with Crippen molar-refractivity contribution in [3.8, 4) is 6.07 Å². The molecule has 1 unspecified atom stereocenters. The summed E-state index contributed by atoms with van der Waals surface area (Å²) in [6.45, 7) is 1.72. The molecule has 0 amide bonds. The third kappa shape index (κ3) is 2.71. The minimum absolute atomic E-state index is 0.351. The Morgan fingerprint density at radius 1 is 1.53 bits per heavy atom. The van der Waals surface area contributed by atoms with E-state index >= 15 is 0 Å². The van der Waals surface area contributed by atoms with Gasteiger partial charge in [0.25, 0.3) is 0 Å². The number of nitrogens with one attached hydrogen (secondary N) is 1. The number of anilines is 1. The Morgan fingerprint density at radius 3 is 2.80 bits per heavy atom. The van der Waals surface area contributed by atoms with E-state index in [9.17, 15) is 4.79 Å². The van der Waals surface area contributed by atoms with E-state index in [0.29, 0.717) is 11.3 Å². The van der Waals surface area contributed by atoms with Crippen molar-refractivity contribution >= 4 is 11.7 Å². The van der Waals surface area contributed by atoms with Crippen LogP contribution in [0.4, 0.5) is 5.69 Å². The van der Waals surface area contributed by atoms with Crippen molar-refractivity contribution in [3.63, 3.8) is 0 Å². The second-order valence-corrected chi connectivity index (χ2v) is 3.03. The van der Waals surface area contributed by atoms with Crippen LogP contribution in [0.3, 0.4) is 0 Å². The fourth-order valence-corrected chi connectivity index (χ4v) is 1.16. The van der Waals surface area contributed by atoms with Gasteiger partial charge in [0.2, 0.25) is 0 Å². The molecule has 1 N–H and O–H groups in total. The van der Waals surface area contributed by atoms with Crippen molar-refractivity contribution in [1.29, 1.82) is 5.26 Å². The van der Waals surface area contributed by atoms with Gasteiger partial charge in [-0.15, -0.1) is 0 Å². The highest BCUT2D eigenvalue weighted by molar-refractivity contribution is 5.95. The van der Waals surface area contributed by atoms with Gasteiger partial charge in [0, 0.05) is 5.69 Å². The average molecular weight is 204 g/mol. The number of rotatable bonds is 3. The molecule has 0 aliphatic heterocycles. The molecule has 0 saturated carbocycles. The zero-order valence-electron chi connectivity index (χ0n) is 8.65. The van der Waals surface area contributed by atoms with Gasteiger partial charge in [-0.2, -0.15) is 5.26 Å². The van der Waals surface area contributed by atoms with Crippen molar-refractivity contribution in [1.82, 2.24) is 0 Å². The molecule has 1 rings (SSSR count). The molecule has 4 heteroatoms. The minimum Gasteiger partial charge on any atom is -0.465 e. The summed E-state index contributed by atoms with van der Waals surface area (Å²) in [7, 11) is 1.33. The van der Waals surface area contributed by atoms with E-state index in [1.54, 1.807) is 31.2 Å². The summed E-state index contributed by atoms with van der Waals surface area (Å²) in [5, 5.41) is 11.6. The molecule has 4 nitrogen and oxygen atoms in total. The zero-order valence-corrected chi connectivity index (χ0v) is 8.65. The Bertz CT molecular complexity index is 396. The number of carbonyl (C=O) groups is 1. The number of ether oxygens (including phenoxy) is 1. The number of esters is 1. The van der Waals surface area contributed by atoms with E-state index in [0.717, 1.165) is 0 Å². The number of methoxy groups -OCH3 is 1.